The number of benzene rings is 1. The van der Waals surface area contributed by atoms with E-state index < -0.39 is 0 Å². The molecule has 0 spiro atoms. The molecule has 0 saturated carbocycles. The third-order valence-corrected chi connectivity index (χ3v) is 2.64. The normalized spacial score (nSPS) is 10.5. The number of rotatable bonds is 2. The third kappa shape index (κ3) is 1.95. The maximum absolute atomic E-state index is 13.8. The molecule has 1 aromatic heterocycles. The first-order chi connectivity index (χ1) is 7.61. The van der Waals surface area contributed by atoms with Crippen LogP contribution in [0.2, 0.25) is 0 Å². The molecule has 5 heteroatoms. The summed E-state index contributed by atoms with van der Waals surface area (Å²) in [7, 11) is 1.50. The summed E-state index contributed by atoms with van der Waals surface area (Å²) in [6.45, 7) is 1.86. The van der Waals surface area contributed by atoms with Crippen molar-refractivity contribution in [3.63, 3.8) is 0 Å². The molecular weight excluding hydrogens is 275 g/mol. The average Bonchev–Trinajstić information content (AvgIpc) is 2.63. The van der Waals surface area contributed by atoms with E-state index >= 15 is 0 Å². The zero-order chi connectivity index (χ0) is 11.7. The number of nitrogens with zero attached hydrogens (tertiary/aromatic N) is 1. The predicted octanol–water partition coefficient (Wildman–Crippen LogP) is 3.30. The Balaban J connectivity index is 2.63. The number of ether oxygens (including phenoxy) is 1. The van der Waals surface area contributed by atoms with Gasteiger partial charge in [0, 0.05) is 16.4 Å². The highest BCUT2D eigenvalue weighted by molar-refractivity contribution is 9.10. The summed E-state index contributed by atoms with van der Waals surface area (Å²) in [5.74, 6) is 0.543. The van der Waals surface area contributed by atoms with Crippen molar-refractivity contribution in [1.82, 2.24) is 9.97 Å². The van der Waals surface area contributed by atoms with Gasteiger partial charge in [-0.1, -0.05) is 15.9 Å². The van der Waals surface area contributed by atoms with E-state index in [2.05, 4.69) is 25.9 Å². The first-order valence-electron chi connectivity index (χ1n) is 4.67. The molecule has 0 bridgehead atoms. The summed E-state index contributed by atoms with van der Waals surface area (Å²) in [4.78, 5) is 7.08. The van der Waals surface area contributed by atoms with E-state index in [1.54, 1.807) is 12.3 Å². The minimum absolute atomic E-state index is 0.346. The fraction of sp³-hybridized carbons (Fsp3) is 0.182. The first kappa shape index (κ1) is 11.1. The Morgan fingerprint density at radius 1 is 1.44 bits per heavy atom. The molecule has 2 aromatic rings. The van der Waals surface area contributed by atoms with Crippen molar-refractivity contribution in [2.45, 2.75) is 6.92 Å². The topological polar surface area (TPSA) is 37.9 Å². The van der Waals surface area contributed by atoms with Gasteiger partial charge in [0.1, 0.15) is 17.4 Å². The lowest BCUT2D eigenvalue weighted by Gasteiger charge is -2.08. The van der Waals surface area contributed by atoms with Crippen molar-refractivity contribution in [1.29, 1.82) is 0 Å². The van der Waals surface area contributed by atoms with Gasteiger partial charge in [0.15, 0.2) is 0 Å². The quantitative estimate of drug-likeness (QED) is 0.919. The van der Waals surface area contributed by atoms with Crippen LogP contribution >= 0.6 is 15.9 Å². The number of methoxy groups -OCH3 is 1. The molecule has 0 amide bonds. The lowest BCUT2D eigenvalue weighted by Crippen LogP contribution is -1.93. The van der Waals surface area contributed by atoms with Crippen LogP contribution in [0, 0.1) is 12.7 Å². The van der Waals surface area contributed by atoms with Crippen LogP contribution in [0.5, 0.6) is 5.75 Å². The highest BCUT2D eigenvalue weighted by Gasteiger charge is 2.15. The molecule has 0 saturated heterocycles. The molecule has 0 fully saturated rings. The molecule has 0 aliphatic rings. The van der Waals surface area contributed by atoms with Crippen molar-refractivity contribution < 1.29 is 9.13 Å². The number of aryl methyl sites for hydroxylation is 1. The standard InChI is InChI=1S/C11H10BrFN2O/c1-6-5-14-11(15-6)10-8(13)3-7(12)4-9(10)16-2/h3-5H,1-2H3,(H,14,15). The van der Waals surface area contributed by atoms with E-state index in [1.807, 2.05) is 6.92 Å². The van der Waals surface area contributed by atoms with E-state index in [4.69, 9.17) is 4.74 Å². The fourth-order valence-electron chi connectivity index (χ4n) is 1.48. The third-order valence-electron chi connectivity index (χ3n) is 2.18. The number of imidazole rings is 1. The number of aromatic amines is 1. The van der Waals surface area contributed by atoms with Gasteiger partial charge in [-0.2, -0.15) is 0 Å². The van der Waals surface area contributed by atoms with Gasteiger partial charge in [-0.3, -0.25) is 0 Å². The molecule has 16 heavy (non-hydrogen) atoms. The van der Waals surface area contributed by atoms with Crippen LogP contribution in [-0.2, 0) is 0 Å². The number of nitrogens with one attached hydrogen (secondary N) is 1. The summed E-state index contributed by atoms with van der Waals surface area (Å²) in [6, 6.07) is 3.09. The van der Waals surface area contributed by atoms with Gasteiger partial charge in [0.2, 0.25) is 0 Å². The van der Waals surface area contributed by atoms with E-state index in [9.17, 15) is 4.39 Å². The number of aromatic nitrogens is 2. The number of hydrogen-bond acceptors (Lipinski definition) is 2. The Kier molecular flexibility index (Phi) is 2.96. The van der Waals surface area contributed by atoms with Crippen LogP contribution in [0.1, 0.15) is 5.69 Å². The predicted molar refractivity (Wildman–Crippen MR) is 63.0 cm³/mol. The second-order valence-corrected chi connectivity index (χ2v) is 4.30. The van der Waals surface area contributed by atoms with Gasteiger partial charge in [-0.05, 0) is 19.1 Å². The SMILES string of the molecule is COc1cc(Br)cc(F)c1-c1ncc(C)[nH]1. The maximum atomic E-state index is 13.8. The highest BCUT2D eigenvalue weighted by Crippen LogP contribution is 2.33. The van der Waals surface area contributed by atoms with Crippen LogP contribution in [0.15, 0.2) is 22.8 Å². The summed E-state index contributed by atoms with van der Waals surface area (Å²) in [6.07, 6.45) is 1.65. The lowest BCUT2D eigenvalue weighted by atomic mass is 10.2. The number of halogens is 2. The van der Waals surface area contributed by atoms with Crippen LogP contribution in [0.25, 0.3) is 11.4 Å². The molecule has 0 unspecified atom stereocenters. The van der Waals surface area contributed by atoms with E-state index in [-0.39, 0.29) is 5.82 Å². The zero-order valence-electron chi connectivity index (χ0n) is 8.84. The van der Waals surface area contributed by atoms with Crippen LogP contribution in [0.3, 0.4) is 0 Å². The van der Waals surface area contributed by atoms with Crippen LogP contribution < -0.4 is 4.74 Å². The molecule has 2 rings (SSSR count). The van der Waals surface area contributed by atoms with Gasteiger partial charge in [0.05, 0.1) is 12.7 Å². The molecule has 1 aromatic carbocycles. The van der Waals surface area contributed by atoms with Gasteiger partial charge >= 0.3 is 0 Å². The Bertz CT molecular complexity index is 525. The lowest BCUT2D eigenvalue weighted by molar-refractivity contribution is 0.412. The minimum atomic E-state index is -0.374. The molecule has 0 aliphatic heterocycles. The van der Waals surface area contributed by atoms with Gasteiger partial charge in [-0.15, -0.1) is 0 Å². The highest BCUT2D eigenvalue weighted by atomic mass is 79.9. The molecular formula is C11H10BrFN2O. The first-order valence-corrected chi connectivity index (χ1v) is 5.46. The van der Waals surface area contributed by atoms with Crippen molar-refractivity contribution in [3.05, 3.63) is 34.3 Å². The van der Waals surface area contributed by atoms with Crippen molar-refractivity contribution >= 4 is 15.9 Å². The van der Waals surface area contributed by atoms with Crippen LogP contribution in [-0.4, -0.2) is 17.1 Å². The molecule has 0 atom stereocenters. The summed E-state index contributed by atoms with van der Waals surface area (Å²) in [5.41, 5.74) is 1.22. The minimum Gasteiger partial charge on any atom is -0.496 e. The summed E-state index contributed by atoms with van der Waals surface area (Å²) >= 11 is 3.22. The molecule has 3 nitrogen and oxygen atoms in total. The fourth-order valence-corrected chi connectivity index (χ4v) is 1.89. The number of hydrogen-bond donors (Lipinski definition) is 1. The van der Waals surface area contributed by atoms with Crippen molar-refractivity contribution in [3.8, 4) is 17.1 Å². The largest absolute Gasteiger partial charge is 0.496 e. The van der Waals surface area contributed by atoms with E-state index in [0.717, 1.165) is 5.69 Å². The molecule has 1 heterocycles. The monoisotopic (exact) mass is 284 g/mol. The Labute approximate surface area is 101 Å². The Morgan fingerprint density at radius 2 is 2.19 bits per heavy atom. The average molecular weight is 285 g/mol. The summed E-state index contributed by atoms with van der Waals surface area (Å²) in [5, 5.41) is 0. The smallest absolute Gasteiger partial charge is 0.144 e. The Morgan fingerprint density at radius 3 is 2.75 bits per heavy atom. The molecule has 0 aliphatic carbocycles. The van der Waals surface area contributed by atoms with Crippen molar-refractivity contribution in [2.75, 3.05) is 7.11 Å². The van der Waals surface area contributed by atoms with E-state index in [0.29, 0.717) is 21.6 Å². The summed E-state index contributed by atoms with van der Waals surface area (Å²) < 4.78 is 19.6. The molecule has 84 valence electrons. The second kappa shape index (κ2) is 4.25. The number of H-pyrrole nitrogens is 1. The van der Waals surface area contributed by atoms with Gasteiger partial charge < -0.3 is 9.72 Å². The Hall–Kier alpha value is -1.36. The molecule has 1 N–H and O–H groups in total. The van der Waals surface area contributed by atoms with Gasteiger partial charge in [-0.25, -0.2) is 9.37 Å². The second-order valence-electron chi connectivity index (χ2n) is 3.38. The van der Waals surface area contributed by atoms with Gasteiger partial charge in [0.25, 0.3) is 0 Å². The van der Waals surface area contributed by atoms with Crippen molar-refractivity contribution in [2.24, 2.45) is 0 Å². The maximum Gasteiger partial charge on any atom is 0.144 e. The zero-order valence-corrected chi connectivity index (χ0v) is 10.4. The van der Waals surface area contributed by atoms with E-state index in [1.165, 1.54) is 13.2 Å². The molecule has 0 radical (unpaired) electrons. The van der Waals surface area contributed by atoms with Crippen LogP contribution in [0.4, 0.5) is 4.39 Å².